The molecule has 0 bridgehead atoms. The van der Waals surface area contributed by atoms with Crippen LogP contribution in [0.4, 0.5) is 18.9 Å². The van der Waals surface area contributed by atoms with E-state index in [1.807, 2.05) is 0 Å². The Labute approximate surface area is 271 Å². The van der Waals surface area contributed by atoms with Gasteiger partial charge in [-0.2, -0.15) is 13.2 Å². The zero-order valence-electron chi connectivity index (χ0n) is 24.8. The average Bonchev–Trinajstić information content (AvgIpc) is 2.99. The molecule has 7 nitrogen and oxygen atoms in total. The van der Waals surface area contributed by atoms with Gasteiger partial charge >= 0.3 is 6.18 Å². The summed E-state index contributed by atoms with van der Waals surface area (Å²) in [6.07, 6.45) is -0.244. The van der Waals surface area contributed by atoms with Gasteiger partial charge in [-0.25, -0.2) is 8.42 Å². The molecule has 1 atom stereocenters. The number of carbonyl (C=O) groups excluding carboxylic acids is 2. The standard InChI is InChI=1S/C32H34Cl2F3N3O4S/c1-21-8-15-27(16-9-21)45(43,44)40(26-14-17-29(34)28(18-26)32(35,36)37)20-30(41)39(19-23-10-12-24(33)13-11-23)22(2)31(42)38-25-6-4-3-5-7-25/h8-18,22,25H,3-7,19-20H2,1-2H3,(H,38,42). The molecule has 1 unspecified atom stereocenters. The maximum absolute atomic E-state index is 14.1. The van der Waals surface area contributed by atoms with Crippen molar-refractivity contribution in [2.45, 2.75) is 75.7 Å². The second-order valence-corrected chi connectivity index (χ2v) is 13.9. The summed E-state index contributed by atoms with van der Waals surface area (Å²) in [7, 11) is -4.56. The Balaban J connectivity index is 1.74. The lowest BCUT2D eigenvalue weighted by Gasteiger charge is -2.33. The van der Waals surface area contributed by atoms with Gasteiger partial charge in [0.15, 0.2) is 0 Å². The molecule has 0 spiro atoms. The number of carbonyl (C=O) groups is 2. The van der Waals surface area contributed by atoms with E-state index in [0.29, 0.717) is 21.0 Å². The van der Waals surface area contributed by atoms with Gasteiger partial charge in [0.25, 0.3) is 10.0 Å². The minimum atomic E-state index is -4.89. The topological polar surface area (TPSA) is 86.8 Å². The monoisotopic (exact) mass is 683 g/mol. The SMILES string of the molecule is Cc1ccc(S(=O)(=O)N(CC(=O)N(Cc2ccc(Cl)cc2)C(C)C(=O)NC2CCCCC2)c2ccc(Cl)c(C(F)(F)F)c2)cc1. The van der Waals surface area contributed by atoms with Crippen LogP contribution in [-0.4, -0.2) is 43.8 Å². The van der Waals surface area contributed by atoms with E-state index in [4.69, 9.17) is 23.2 Å². The minimum absolute atomic E-state index is 0.0468. The highest BCUT2D eigenvalue weighted by atomic mass is 35.5. The van der Waals surface area contributed by atoms with Crippen LogP contribution in [0.5, 0.6) is 0 Å². The molecule has 1 fully saturated rings. The molecule has 0 radical (unpaired) electrons. The van der Waals surface area contributed by atoms with Crippen molar-refractivity contribution in [3.63, 3.8) is 0 Å². The third kappa shape index (κ3) is 8.71. The van der Waals surface area contributed by atoms with Crippen LogP contribution in [0.1, 0.15) is 55.7 Å². The van der Waals surface area contributed by atoms with Crippen molar-refractivity contribution in [3.05, 3.63) is 93.5 Å². The van der Waals surface area contributed by atoms with Crippen molar-refractivity contribution in [2.24, 2.45) is 0 Å². The molecule has 1 N–H and O–H groups in total. The van der Waals surface area contributed by atoms with Crippen molar-refractivity contribution < 1.29 is 31.2 Å². The molecule has 13 heteroatoms. The van der Waals surface area contributed by atoms with E-state index in [1.54, 1.807) is 43.3 Å². The number of benzene rings is 3. The summed E-state index contributed by atoms with van der Waals surface area (Å²) >= 11 is 11.9. The Hall–Kier alpha value is -3.28. The van der Waals surface area contributed by atoms with Gasteiger partial charge in [0.2, 0.25) is 11.8 Å². The molecule has 1 aliphatic carbocycles. The number of rotatable bonds is 10. The third-order valence-electron chi connectivity index (χ3n) is 7.82. The summed E-state index contributed by atoms with van der Waals surface area (Å²) in [4.78, 5) is 28.5. The summed E-state index contributed by atoms with van der Waals surface area (Å²) in [5.74, 6) is -1.21. The Morgan fingerprint density at radius 2 is 1.58 bits per heavy atom. The molecule has 3 aromatic carbocycles. The highest BCUT2D eigenvalue weighted by molar-refractivity contribution is 7.92. The van der Waals surface area contributed by atoms with Crippen molar-refractivity contribution in [1.29, 1.82) is 0 Å². The van der Waals surface area contributed by atoms with Gasteiger partial charge in [0.1, 0.15) is 12.6 Å². The van der Waals surface area contributed by atoms with Crippen molar-refractivity contribution in [1.82, 2.24) is 10.2 Å². The maximum Gasteiger partial charge on any atom is 0.417 e. The number of nitrogens with zero attached hydrogens (tertiary/aromatic N) is 2. The number of aryl methyl sites for hydroxylation is 1. The van der Waals surface area contributed by atoms with Gasteiger partial charge in [-0.1, -0.05) is 72.3 Å². The van der Waals surface area contributed by atoms with E-state index in [-0.39, 0.29) is 17.5 Å². The molecule has 242 valence electrons. The van der Waals surface area contributed by atoms with E-state index in [2.05, 4.69) is 5.32 Å². The van der Waals surface area contributed by atoms with E-state index < -0.39 is 56.9 Å². The number of halogens is 5. The summed E-state index contributed by atoms with van der Waals surface area (Å²) in [5, 5.41) is 2.83. The number of hydrogen-bond acceptors (Lipinski definition) is 4. The normalized spacial score (nSPS) is 14.9. The van der Waals surface area contributed by atoms with Crippen LogP contribution in [0.25, 0.3) is 0 Å². The number of hydrogen-bond donors (Lipinski definition) is 1. The smallest absolute Gasteiger partial charge is 0.352 e. The van der Waals surface area contributed by atoms with Crippen LogP contribution >= 0.6 is 23.2 Å². The van der Waals surface area contributed by atoms with E-state index in [1.165, 1.54) is 24.0 Å². The second kappa shape index (κ2) is 14.4. The lowest BCUT2D eigenvalue weighted by atomic mass is 9.95. The lowest BCUT2D eigenvalue weighted by Crippen LogP contribution is -2.53. The molecule has 2 amide bonds. The number of anilines is 1. The Morgan fingerprint density at radius 3 is 2.18 bits per heavy atom. The molecule has 0 aromatic heterocycles. The zero-order valence-corrected chi connectivity index (χ0v) is 27.1. The lowest BCUT2D eigenvalue weighted by molar-refractivity contribution is -0.139. The van der Waals surface area contributed by atoms with Crippen LogP contribution in [-0.2, 0) is 32.3 Å². The quantitative estimate of drug-likeness (QED) is 0.242. The molecule has 0 heterocycles. The fourth-order valence-electron chi connectivity index (χ4n) is 5.19. The Morgan fingerprint density at radius 1 is 0.956 bits per heavy atom. The first-order valence-corrected chi connectivity index (χ1v) is 16.7. The number of amides is 2. The van der Waals surface area contributed by atoms with Gasteiger partial charge < -0.3 is 10.2 Å². The molecule has 3 aromatic rings. The molecule has 0 saturated heterocycles. The molecule has 1 saturated carbocycles. The van der Waals surface area contributed by atoms with E-state index in [0.717, 1.165) is 49.8 Å². The number of sulfonamides is 1. The molecule has 45 heavy (non-hydrogen) atoms. The summed E-state index contributed by atoms with van der Waals surface area (Å²) in [5.41, 5.74) is -0.291. The number of nitrogens with one attached hydrogen (secondary N) is 1. The molecular weight excluding hydrogens is 650 g/mol. The van der Waals surface area contributed by atoms with Crippen LogP contribution in [0.15, 0.2) is 71.6 Å². The maximum atomic E-state index is 14.1. The highest BCUT2D eigenvalue weighted by Gasteiger charge is 2.37. The van der Waals surface area contributed by atoms with Gasteiger partial charge in [-0.3, -0.25) is 13.9 Å². The minimum Gasteiger partial charge on any atom is -0.352 e. The average molecular weight is 685 g/mol. The van der Waals surface area contributed by atoms with Crippen LogP contribution in [0, 0.1) is 6.92 Å². The van der Waals surface area contributed by atoms with Crippen LogP contribution < -0.4 is 9.62 Å². The van der Waals surface area contributed by atoms with Crippen LogP contribution in [0.3, 0.4) is 0 Å². The largest absolute Gasteiger partial charge is 0.417 e. The fourth-order valence-corrected chi connectivity index (χ4v) is 6.95. The first-order chi connectivity index (χ1) is 21.2. The molecule has 4 rings (SSSR count). The van der Waals surface area contributed by atoms with Crippen molar-refractivity contribution in [3.8, 4) is 0 Å². The van der Waals surface area contributed by atoms with Crippen LogP contribution in [0.2, 0.25) is 10.0 Å². The second-order valence-electron chi connectivity index (χ2n) is 11.2. The number of alkyl halides is 3. The van der Waals surface area contributed by atoms with E-state index in [9.17, 15) is 31.2 Å². The van der Waals surface area contributed by atoms with Gasteiger partial charge in [0.05, 0.1) is 21.2 Å². The first-order valence-electron chi connectivity index (χ1n) is 14.5. The van der Waals surface area contributed by atoms with Gasteiger partial charge in [0, 0.05) is 17.6 Å². The van der Waals surface area contributed by atoms with Gasteiger partial charge in [-0.15, -0.1) is 0 Å². The summed E-state index contributed by atoms with van der Waals surface area (Å²) < 4.78 is 70.0. The van der Waals surface area contributed by atoms with Gasteiger partial charge in [-0.05, 0) is 74.7 Å². The van der Waals surface area contributed by atoms with Crippen molar-refractivity contribution >= 4 is 50.7 Å². The van der Waals surface area contributed by atoms with E-state index >= 15 is 0 Å². The zero-order chi connectivity index (χ0) is 32.9. The molecule has 1 aliphatic rings. The predicted molar refractivity (Wildman–Crippen MR) is 169 cm³/mol. The summed E-state index contributed by atoms with van der Waals surface area (Å²) in [6.45, 7) is 2.32. The summed E-state index contributed by atoms with van der Waals surface area (Å²) in [6, 6.07) is 13.9. The first kappa shape index (κ1) is 34.6. The molecular formula is C32H34Cl2F3N3O4S. The Kier molecular flexibility index (Phi) is 11.1. The Bertz CT molecular complexity index is 1610. The predicted octanol–water partition coefficient (Wildman–Crippen LogP) is 7.38. The van der Waals surface area contributed by atoms with Crippen molar-refractivity contribution in [2.75, 3.05) is 10.8 Å². The highest BCUT2D eigenvalue weighted by Crippen LogP contribution is 2.38. The molecule has 0 aliphatic heterocycles. The third-order valence-corrected chi connectivity index (χ3v) is 10.2. The fraction of sp³-hybridized carbons (Fsp3) is 0.375.